The molecule has 0 saturated heterocycles. The lowest BCUT2D eigenvalue weighted by molar-refractivity contribution is 0.00702. The maximum Gasteiger partial charge on any atom is 0.340 e. The van der Waals surface area contributed by atoms with E-state index in [1.807, 2.05) is 37.8 Å². The van der Waals surface area contributed by atoms with Gasteiger partial charge in [0, 0.05) is 4.47 Å². The fraction of sp³-hybridized carbons (Fsp3) is 0.526. The van der Waals surface area contributed by atoms with Crippen LogP contribution in [0.5, 0.6) is 0 Å². The van der Waals surface area contributed by atoms with Gasteiger partial charge in [-0.2, -0.15) is 4.99 Å². The second-order valence-corrected chi connectivity index (χ2v) is 8.90. The van der Waals surface area contributed by atoms with Gasteiger partial charge >= 0.3 is 5.97 Å². The summed E-state index contributed by atoms with van der Waals surface area (Å²) in [6.45, 7) is 5.52. The van der Waals surface area contributed by atoms with Gasteiger partial charge in [0.2, 0.25) is 11.9 Å². The van der Waals surface area contributed by atoms with E-state index in [0.29, 0.717) is 11.3 Å². The average Bonchev–Trinajstić information content (AvgIpc) is 2.54. The number of hydrogen-bond acceptors (Lipinski definition) is 7. The van der Waals surface area contributed by atoms with E-state index < -0.39 is 17.2 Å². The van der Waals surface area contributed by atoms with Crippen molar-refractivity contribution in [3.8, 4) is 0 Å². The summed E-state index contributed by atoms with van der Waals surface area (Å²) in [5.41, 5.74) is 12.1. The lowest BCUT2D eigenvalue weighted by Gasteiger charge is -2.46. The molecule has 1 saturated carbocycles. The topological polar surface area (TPSA) is 106 Å². The number of anilines is 1. The van der Waals surface area contributed by atoms with Crippen molar-refractivity contribution < 1.29 is 9.53 Å². The molecule has 27 heavy (non-hydrogen) atoms. The lowest BCUT2D eigenvalue weighted by Crippen LogP contribution is -2.58. The summed E-state index contributed by atoms with van der Waals surface area (Å²) in [6, 6.07) is 5.46. The Bertz CT molecular complexity index is 807. The van der Waals surface area contributed by atoms with Crippen LogP contribution in [0.25, 0.3) is 0 Å². The first kappa shape index (κ1) is 19.7. The summed E-state index contributed by atoms with van der Waals surface area (Å²) in [5.74, 6) is 0.0122. The highest BCUT2D eigenvalue weighted by Gasteiger charge is 2.44. The number of nitrogens with zero attached hydrogens (tertiary/aromatic N) is 3. The lowest BCUT2D eigenvalue weighted by atomic mass is 9.87. The summed E-state index contributed by atoms with van der Waals surface area (Å²) in [7, 11) is 0. The molecule has 0 radical (unpaired) electrons. The molecule has 8 heteroatoms. The minimum Gasteiger partial charge on any atom is -0.456 e. The Morgan fingerprint density at radius 3 is 2.52 bits per heavy atom. The van der Waals surface area contributed by atoms with Gasteiger partial charge in [-0.15, -0.1) is 0 Å². The number of rotatable bonds is 2. The van der Waals surface area contributed by atoms with E-state index in [1.165, 1.54) is 0 Å². The van der Waals surface area contributed by atoms with Crippen LogP contribution in [0.2, 0.25) is 0 Å². The molecule has 0 unspecified atom stereocenters. The minimum absolute atomic E-state index is 0.182. The number of aliphatic imine (C=N–C) groups is 2. The first-order valence-corrected chi connectivity index (χ1v) is 9.93. The van der Waals surface area contributed by atoms with E-state index in [9.17, 15) is 4.79 Å². The third-order valence-electron chi connectivity index (χ3n) is 4.67. The zero-order valence-electron chi connectivity index (χ0n) is 16.0. The van der Waals surface area contributed by atoms with Crippen LogP contribution in [0.1, 0.15) is 63.2 Å². The number of nitrogens with two attached hydrogens (primary N) is 2. The number of hydrogen-bond donors (Lipinski definition) is 2. The molecule has 1 aromatic carbocycles. The van der Waals surface area contributed by atoms with Gasteiger partial charge in [-0.1, -0.05) is 22.4 Å². The third kappa shape index (κ3) is 4.10. The van der Waals surface area contributed by atoms with Gasteiger partial charge in [0.15, 0.2) is 0 Å². The molecule has 0 amide bonds. The number of carbonyl (C=O) groups excluding carboxylic acids is 1. The predicted molar refractivity (Wildman–Crippen MR) is 111 cm³/mol. The summed E-state index contributed by atoms with van der Waals surface area (Å²) >= 11 is 3.45. The Morgan fingerprint density at radius 1 is 1.22 bits per heavy atom. The van der Waals surface area contributed by atoms with Crippen molar-refractivity contribution in [2.24, 2.45) is 21.5 Å². The van der Waals surface area contributed by atoms with Crippen molar-refractivity contribution in [3.63, 3.8) is 0 Å². The average molecular weight is 436 g/mol. The highest BCUT2D eigenvalue weighted by atomic mass is 79.9. The van der Waals surface area contributed by atoms with Gasteiger partial charge in [0.25, 0.3) is 0 Å². The van der Waals surface area contributed by atoms with Crippen LogP contribution < -0.4 is 16.4 Å². The Balaban J connectivity index is 2.11. The SMILES string of the molecule is CC(C)(C)OC(=O)c1cc(Br)ccc1N1C(N)=NC(N)=NC12CCCCC2. The van der Waals surface area contributed by atoms with E-state index in [4.69, 9.17) is 16.2 Å². The zero-order chi connectivity index (χ0) is 19.8. The van der Waals surface area contributed by atoms with Gasteiger partial charge in [0.05, 0.1) is 11.3 Å². The number of guanidine groups is 2. The summed E-state index contributed by atoms with van der Waals surface area (Å²) in [4.78, 5) is 23.6. The molecule has 0 bridgehead atoms. The van der Waals surface area contributed by atoms with Gasteiger partial charge in [0.1, 0.15) is 11.3 Å². The molecule has 1 fully saturated rings. The molecular weight excluding hydrogens is 410 g/mol. The van der Waals surface area contributed by atoms with E-state index in [-0.39, 0.29) is 11.9 Å². The first-order valence-electron chi connectivity index (χ1n) is 9.14. The van der Waals surface area contributed by atoms with Crippen LogP contribution in [0.15, 0.2) is 32.7 Å². The third-order valence-corrected chi connectivity index (χ3v) is 5.16. The number of carbonyl (C=O) groups is 1. The predicted octanol–water partition coefficient (Wildman–Crippen LogP) is 3.51. The fourth-order valence-corrected chi connectivity index (χ4v) is 4.03. The molecule has 1 heterocycles. The smallest absolute Gasteiger partial charge is 0.340 e. The van der Waals surface area contributed by atoms with Crippen molar-refractivity contribution in [3.05, 3.63) is 28.2 Å². The van der Waals surface area contributed by atoms with Crippen LogP contribution in [0, 0.1) is 0 Å². The second-order valence-electron chi connectivity index (χ2n) is 7.98. The fourth-order valence-electron chi connectivity index (χ4n) is 3.67. The van der Waals surface area contributed by atoms with Crippen molar-refractivity contribution in [1.82, 2.24) is 0 Å². The monoisotopic (exact) mass is 435 g/mol. The Hall–Kier alpha value is -2.09. The molecule has 4 N–H and O–H groups in total. The Labute approximate surface area is 168 Å². The quantitative estimate of drug-likeness (QED) is 0.690. The molecule has 3 rings (SSSR count). The molecule has 0 atom stereocenters. The van der Waals surface area contributed by atoms with Crippen molar-refractivity contribution in [1.29, 1.82) is 0 Å². The number of benzene rings is 1. The van der Waals surface area contributed by atoms with Crippen LogP contribution in [0.4, 0.5) is 5.69 Å². The Morgan fingerprint density at radius 2 is 1.89 bits per heavy atom. The van der Waals surface area contributed by atoms with Gasteiger partial charge in [-0.3, -0.25) is 4.90 Å². The summed E-state index contributed by atoms with van der Waals surface area (Å²) < 4.78 is 6.39. The molecule has 0 aromatic heterocycles. The highest BCUT2D eigenvalue weighted by molar-refractivity contribution is 9.10. The minimum atomic E-state index is -0.612. The van der Waals surface area contributed by atoms with Crippen LogP contribution >= 0.6 is 15.9 Å². The molecule has 2 aliphatic rings. The number of ether oxygens (including phenoxy) is 1. The van der Waals surface area contributed by atoms with Gasteiger partial charge in [-0.05, 0) is 64.7 Å². The molecule has 7 nitrogen and oxygen atoms in total. The molecule has 1 aromatic rings. The Kier molecular flexibility index (Phi) is 5.20. The number of halogens is 1. The van der Waals surface area contributed by atoms with Crippen molar-refractivity contribution >= 4 is 39.5 Å². The van der Waals surface area contributed by atoms with Crippen molar-refractivity contribution in [2.75, 3.05) is 4.90 Å². The van der Waals surface area contributed by atoms with E-state index in [2.05, 4.69) is 25.9 Å². The number of esters is 1. The van der Waals surface area contributed by atoms with Crippen LogP contribution in [0.3, 0.4) is 0 Å². The highest BCUT2D eigenvalue weighted by Crippen LogP contribution is 2.41. The normalized spacial score (nSPS) is 19.5. The van der Waals surface area contributed by atoms with E-state index in [0.717, 1.165) is 36.6 Å². The molecule has 1 aliphatic carbocycles. The van der Waals surface area contributed by atoms with Crippen LogP contribution in [-0.4, -0.2) is 29.2 Å². The molecule has 1 spiro atoms. The summed E-state index contributed by atoms with van der Waals surface area (Å²) in [5, 5.41) is 0. The molecule has 1 aliphatic heterocycles. The summed E-state index contributed by atoms with van der Waals surface area (Å²) in [6.07, 6.45) is 4.76. The standard InChI is InChI=1S/C19H26BrN5O2/c1-18(2,3)27-15(26)13-11-12(20)7-8-14(13)25-17(22)23-16(21)24-19(25)9-5-4-6-10-19/h7-8,11H,4-6,9-10H2,1-3H3,(H4,21,22,23,24). The second kappa shape index (κ2) is 7.14. The van der Waals surface area contributed by atoms with Gasteiger partial charge in [-0.25, -0.2) is 9.79 Å². The van der Waals surface area contributed by atoms with Crippen LogP contribution in [-0.2, 0) is 4.74 Å². The van der Waals surface area contributed by atoms with Gasteiger partial charge < -0.3 is 16.2 Å². The molecule has 146 valence electrons. The zero-order valence-corrected chi connectivity index (χ0v) is 17.5. The molecular formula is C19H26BrN5O2. The first-order chi connectivity index (χ1) is 12.6. The van der Waals surface area contributed by atoms with Crippen molar-refractivity contribution in [2.45, 2.75) is 64.1 Å². The maximum atomic E-state index is 12.9. The van der Waals surface area contributed by atoms with E-state index >= 15 is 0 Å². The largest absolute Gasteiger partial charge is 0.456 e. The van der Waals surface area contributed by atoms with E-state index in [1.54, 1.807) is 6.07 Å². The maximum absolute atomic E-state index is 12.9.